The van der Waals surface area contributed by atoms with Gasteiger partial charge >= 0.3 is 6.61 Å². The first-order valence-electron chi connectivity index (χ1n) is 14.1. The van der Waals surface area contributed by atoms with Gasteiger partial charge in [-0.25, -0.2) is 14.5 Å². The molecule has 0 atom stereocenters. The Balaban J connectivity index is 0.00000417. The van der Waals surface area contributed by atoms with E-state index in [0.29, 0.717) is 40.9 Å². The first kappa shape index (κ1) is 33.2. The summed E-state index contributed by atoms with van der Waals surface area (Å²) in [5.74, 6) is -0.711. The second kappa shape index (κ2) is 14.1. The Kier molecular flexibility index (Phi) is 10.2. The average Bonchev–Trinajstić information content (AvgIpc) is 3.66. The van der Waals surface area contributed by atoms with E-state index in [-0.39, 0.29) is 50.9 Å². The van der Waals surface area contributed by atoms with Gasteiger partial charge in [0.2, 0.25) is 0 Å². The van der Waals surface area contributed by atoms with Gasteiger partial charge in [-0.15, -0.1) is 12.4 Å². The van der Waals surface area contributed by atoms with Crippen molar-refractivity contribution in [1.29, 1.82) is 0 Å². The Hall–Kier alpha value is -4.17. The number of thiazole rings is 1. The predicted octanol–water partition coefficient (Wildman–Crippen LogP) is 6.61. The van der Waals surface area contributed by atoms with E-state index in [1.807, 2.05) is 4.90 Å². The summed E-state index contributed by atoms with van der Waals surface area (Å²) in [6, 6.07) is 13.4. The zero-order chi connectivity index (χ0) is 31.7. The number of amides is 2. The molecule has 46 heavy (non-hydrogen) atoms. The molecule has 10 nitrogen and oxygen atoms in total. The molecule has 5 aromatic rings. The number of anilines is 1. The van der Waals surface area contributed by atoms with E-state index in [1.54, 1.807) is 42.7 Å². The van der Waals surface area contributed by atoms with E-state index in [4.69, 9.17) is 21.3 Å². The first-order valence-corrected chi connectivity index (χ1v) is 15.3. The summed E-state index contributed by atoms with van der Waals surface area (Å²) >= 11 is 7.39. The van der Waals surface area contributed by atoms with E-state index >= 15 is 0 Å². The Morgan fingerprint density at radius 1 is 1.13 bits per heavy atom. The molecule has 0 aliphatic carbocycles. The molecule has 3 aromatic heterocycles. The number of nitrogens with zero attached hydrogens (tertiary/aromatic N) is 6. The number of ether oxygens (including phenoxy) is 1. The number of hydrogen-bond acceptors (Lipinski definition) is 8. The lowest BCUT2D eigenvalue weighted by Gasteiger charge is -2.35. The van der Waals surface area contributed by atoms with Gasteiger partial charge < -0.3 is 19.9 Å². The standard InChI is InChI=1S/C31H28ClF2N7O3S.ClH/c1-39(2)21-10-14-40(15-11-21)30(43)19-6-4-18(5-7-19)28-37-25(22-16-20(32)8-9-24(22)44-31(33)34)29(45-28)38-27(42)23-17-36-41-13-3-12-35-26(23)41;/h3-9,12-13,16-17,21,31H,10-11,14-15H2,1-2H3,(H,38,42);1H. The SMILES string of the molecule is CN(C)C1CCN(C(=O)c2ccc(-c3nc(-c4cc(Cl)ccc4OC(F)F)c(NC(=O)c4cnn5cccnc45)s3)cc2)CC1.Cl. The fourth-order valence-electron chi connectivity index (χ4n) is 5.28. The molecule has 15 heteroatoms. The van der Waals surface area contributed by atoms with Gasteiger partial charge in [0.05, 0.1) is 6.20 Å². The maximum absolute atomic E-state index is 13.4. The van der Waals surface area contributed by atoms with E-state index in [9.17, 15) is 18.4 Å². The fourth-order valence-corrected chi connectivity index (χ4v) is 6.43. The molecule has 1 fully saturated rings. The smallest absolute Gasteiger partial charge is 0.387 e. The van der Waals surface area contributed by atoms with Crippen LogP contribution in [0.15, 0.2) is 67.1 Å². The van der Waals surface area contributed by atoms with Crippen molar-refractivity contribution in [2.24, 2.45) is 0 Å². The summed E-state index contributed by atoms with van der Waals surface area (Å²) in [4.78, 5) is 39.7. The molecule has 0 spiro atoms. The van der Waals surface area contributed by atoms with Crippen LogP contribution in [0.2, 0.25) is 5.02 Å². The molecule has 1 aliphatic rings. The molecule has 6 rings (SSSR count). The number of halogens is 4. The van der Waals surface area contributed by atoms with Crippen molar-refractivity contribution in [3.63, 3.8) is 0 Å². The van der Waals surface area contributed by atoms with E-state index in [0.717, 1.165) is 24.2 Å². The molecular formula is C31H29Cl2F2N7O3S. The van der Waals surface area contributed by atoms with Crippen molar-refractivity contribution in [2.75, 3.05) is 32.5 Å². The predicted molar refractivity (Wildman–Crippen MR) is 175 cm³/mol. The topological polar surface area (TPSA) is 105 Å². The van der Waals surface area contributed by atoms with Crippen LogP contribution in [0.1, 0.15) is 33.6 Å². The number of likely N-dealkylation sites (tertiary alicyclic amines) is 1. The Morgan fingerprint density at radius 2 is 1.87 bits per heavy atom. The van der Waals surface area contributed by atoms with Crippen molar-refractivity contribution in [3.05, 3.63) is 83.3 Å². The average molecular weight is 689 g/mol. The highest BCUT2D eigenvalue weighted by molar-refractivity contribution is 7.19. The Morgan fingerprint density at radius 3 is 2.57 bits per heavy atom. The number of rotatable bonds is 8. The lowest BCUT2D eigenvalue weighted by Crippen LogP contribution is -2.44. The minimum absolute atomic E-state index is 0. The maximum Gasteiger partial charge on any atom is 0.387 e. The van der Waals surface area contributed by atoms with Gasteiger partial charge in [-0.05, 0) is 63.3 Å². The number of fused-ring (bicyclic) bond motifs is 1. The zero-order valence-electron chi connectivity index (χ0n) is 24.7. The van der Waals surface area contributed by atoms with E-state index in [1.165, 1.54) is 28.9 Å². The molecule has 0 saturated carbocycles. The fraction of sp³-hybridized carbons (Fsp3) is 0.258. The highest BCUT2D eigenvalue weighted by atomic mass is 35.5. The summed E-state index contributed by atoms with van der Waals surface area (Å²) in [5, 5.41) is 8.04. The largest absolute Gasteiger partial charge is 0.434 e. The summed E-state index contributed by atoms with van der Waals surface area (Å²) in [5.41, 5.74) is 2.14. The van der Waals surface area contributed by atoms with E-state index < -0.39 is 12.5 Å². The van der Waals surface area contributed by atoms with Crippen LogP contribution >= 0.6 is 35.3 Å². The first-order chi connectivity index (χ1) is 21.7. The summed E-state index contributed by atoms with van der Waals surface area (Å²) < 4.78 is 32.9. The van der Waals surface area contributed by atoms with Crippen molar-refractivity contribution in [2.45, 2.75) is 25.5 Å². The Bertz CT molecular complexity index is 1860. The highest BCUT2D eigenvalue weighted by Gasteiger charge is 2.26. The molecule has 4 heterocycles. The van der Waals surface area contributed by atoms with Crippen LogP contribution in [0.4, 0.5) is 13.8 Å². The zero-order valence-corrected chi connectivity index (χ0v) is 27.1. The second-order valence-corrected chi connectivity index (χ2v) is 12.1. The van der Waals surface area contributed by atoms with Gasteiger partial charge in [-0.1, -0.05) is 35.1 Å². The van der Waals surface area contributed by atoms with Crippen LogP contribution in [0.3, 0.4) is 0 Å². The molecular weight excluding hydrogens is 659 g/mol. The van der Waals surface area contributed by atoms with Crippen LogP contribution in [0.5, 0.6) is 5.75 Å². The van der Waals surface area contributed by atoms with Gasteiger partial charge in [-0.2, -0.15) is 13.9 Å². The van der Waals surface area contributed by atoms with Crippen LogP contribution in [-0.2, 0) is 0 Å². The number of alkyl halides is 2. The molecule has 0 bridgehead atoms. The minimum atomic E-state index is -3.09. The molecule has 1 N–H and O–H groups in total. The van der Waals surface area contributed by atoms with Crippen LogP contribution in [0, 0.1) is 0 Å². The van der Waals surface area contributed by atoms with Crippen LogP contribution in [-0.4, -0.2) is 81.0 Å². The molecule has 1 aliphatic heterocycles. The molecule has 0 radical (unpaired) electrons. The number of aromatic nitrogens is 4. The molecule has 2 aromatic carbocycles. The number of piperidine rings is 1. The van der Waals surface area contributed by atoms with Crippen molar-refractivity contribution < 1.29 is 23.1 Å². The normalized spacial score (nSPS) is 13.7. The second-order valence-electron chi connectivity index (χ2n) is 10.7. The number of hydrogen-bond donors (Lipinski definition) is 1. The highest BCUT2D eigenvalue weighted by Crippen LogP contribution is 2.43. The summed E-state index contributed by atoms with van der Waals surface area (Å²) in [6.07, 6.45) is 6.43. The van der Waals surface area contributed by atoms with Gasteiger partial charge in [0.15, 0.2) is 5.65 Å². The summed E-state index contributed by atoms with van der Waals surface area (Å²) in [7, 11) is 4.11. The lowest BCUT2D eigenvalue weighted by molar-refractivity contribution is -0.0494. The van der Waals surface area contributed by atoms with Gasteiger partial charge in [0.1, 0.15) is 27.0 Å². The van der Waals surface area contributed by atoms with E-state index in [2.05, 4.69) is 34.4 Å². The quantitative estimate of drug-likeness (QED) is 0.196. The van der Waals surface area contributed by atoms with Crippen LogP contribution < -0.4 is 10.1 Å². The summed E-state index contributed by atoms with van der Waals surface area (Å²) in [6.45, 7) is -1.72. The van der Waals surface area contributed by atoms with Crippen molar-refractivity contribution >= 4 is 57.8 Å². The van der Waals surface area contributed by atoms with Crippen molar-refractivity contribution in [1.82, 2.24) is 29.4 Å². The third-order valence-electron chi connectivity index (χ3n) is 7.65. The Labute approximate surface area is 278 Å². The number of carbonyl (C=O) groups is 2. The molecule has 1 saturated heterocycles. The monoisotopic (exact) mass is 687 g/mol. The maximum atomic E-state index is 13.4. The third-order valence-corrected chi connectivity index (χ3v) is 8.91. The minimum Gasteiger partial charge on any atom is -0.434 e. The number of benzene rings is 2. The van der Waals surface area contributed by atoms with Gasteiger partial charge in [0.25, 0.3) is 11.8 Å². The molecule has 0 unspecified atom stereocenters. The number of carbonyl (C=O) groups excluding carboxylic acids is 2. The van der Waals surface area contributed by atoms with Gasteiger partial charge in [-0.3, -0.25) is 9.59 Å². The lowest BCUT2D eigenvalue weighted by atomic mass is 10.0. The van der Waals surface area contributed by atoms with Gasteiger partial charge in [0, 0.05) is 53.2 Å². The van der Waals surface area contributed by atoms with Crippen LogP contribution in [0.25, 0.3) is 27.5 Å². The molecule has 2 amide bonds. The third kappa shape index (κ3) is 6.97. The number of nitrogens with one attached hydrogen (secondary N) is 1. The molecule has 240 valence electrons. The van der Waals surface area contributed by atoms with Crippen molar-refractivity contribution in [3.8, 4) is 27.6 Å².